The molecule has 1 heterocycles. The Balaban J connectivity index is 2.37. The van der Waals surface area contributed by atoms with E-state index in [1.54, 1.807) is 12.1 Å². The van der Waals surface area contributed by atoms with Gasteiger partial charge in [-0.3, -0.25) is 4.79 Å². The fourth-order valence-corrected chi connectivity index (χ4v) is 1.51. The number of carbonyl (C=O) groups is 1. The fourth-order valence-electron chi connectivity index (χ4n) is 1.51. The SMILES string of the molecule is Cc1ccc(-n2ncc(CC(=O)O)c2F)cc1. The molecule has 0 saturated heterocycles. The number of halogens is 1. The van der Waals surface area contributed by atoms with Crippen LogP contribution in [0, 0.1) is 12.9 Å². The van der Waals surface area contributed by atoms with Crippen LogP contribution in [0.2, 0.25) is 0 Å². The highest BCUT2D eigenvalue weighted by Crippen LogP contribution is 2.14. The van der Waals surface area contributed by atoms with Crippen LogP contribution in [0.15, 0.2) is 30.5 Å². The predicted molar refractivity (Wildman–Crippen MR) is 59.6 cm³/mol. The quantitative estimate of drug-likeness (QED) is 0.883. The number of aryl methyl sites for hydroxylation is 1. The van der Waals surface area contributed by atoms with Gasteiger partial charge in [0.2, 0.25) is 5.95 Å². The Bertz CT molecular complexity index is 546. The molecule has 0 fully saturated rings. The molecular formula is C12H11FN2O2. The Hall–Kier alpha value is -2.17. The second-order valence-corrected chi connectivity index (χ2v) is 3.78. The van der Waals surface area contributed by atoms with Crippen molar-refractivity contribution in [1.82, 2.24) is 9.78 Å². The molecule has 2 aromatic rings. The first-order chi connectivity index (χ1) is 8.08. The molecule has 1 aromatic carbocycles. The standard InChI is InChI=1S/C12H11FN2O2/c1-8-2-4-10(5-3-8)15-12(13)9(7-14-15)6-11(16)17/h2-5,7H,6H2,1H3,(H,16,17). The zero-order valence-electron chi connectivity index (χ0n) is 9.22. The van der Waals surface area contributed by atoms with Crippen LogP contribution in [-0.2, 0) is 11.2 Å². The maximum Gasteiger partial charge on any atom is 0.308 e. The highest BCUT2D eigenvalue weighted by Gasteiger charge is 2.14. The van der Waals surface area contributed by atoms with E-state index in [2.05, 4.69) is 5.10 Å². The first kappa shape index (κ1) is 11.3. The van der Waals surface area contributed by atoms with E-state index in [-0.39, 0.29) is 12.0 Å². The second kappa shape index (κ2) is 4.37. The third kappa shape index (κ3) is 2.33. The average molecular weight is 234 g/mol. The summed E-state index contributed by atoms with van der Waals surface area (Å²) in [7, 11) is 0. The number of hydrogen-bond acceptors (Lipinski definition) is 2. The zero-order chi connectivity index (χ0) is 12.4. The third-order valence-corrected chi connectivity index (χ3v) is 2.40. The van der Waals surface area contributed by atoms with Gasteiger partial charge >= 0.3 is 5.97 Å². The molecule has 0 bridgehead atoms. The molecule has 2 rings (SSSR count). The molecule has 0 spiro atoms. The van der Waals surface area contributed by atoms with E-state index in [0.717, 1.165) is 10.2 Å². The number of benzene rings is 1. The molecule has 1 aromatic heterocycles. The lowest BCUT2D eigenvalue weighted by Gasteiger charge is -2.02. The third-order valence-electron chi connectivity index (χ3n) is 2.40. The number of nitrogens with zero attached hydrogens (tertiary/aromatic N) is 2. The summed E-state index contributed by atoms with van der Waals surface area (Å²) in [4.78, 5) is 10.5. The van der Waals surface area contributed by atoms with E-state index >= 15 is 0 Å². The molecule has 88 valence electrons. The summed E-state index contributed by atoms with van der Waals surface area (Å²) >= 11 is 0. The summed E-state index contributed by atoms with van der Waals surface area (Å²) in [6, 6.07) is 7.15. The topological polar surface area (TPSA) is 55.1 Å². The van der Waals surface area contributed by atoms with Crippen molar-refractivity contribution in [2.75, 3.05) is 0 Å². The zero-order valence-corrected chi connectivity index (χ0v) is 9.22. The van der Waals surface area contributed by atoms with Crippen LogP contribution in [0.3, 0.4) is 0 Å². The minimum Gasteiger partial charge on any atom is -0.481 e. The van der Waals surface area contributed by atoms with Gasteiger partial charge in [0.1, 0.15) is 0 Å². The van der Waals surface area contributed by atoms with Crippen molar-refractivity contribution < 1.29 is 14.3 Å². The lowest BCUT2D eigenvalue weighted by Crippen LogP contribution is -2.04. The molecule has 0 unspecified atom stereocenters. The van der Waals surface area contributed by atoms with Crippen molar-refractivity contribution >= 4 is 5.97 Å². The summed E-state index contributed by atoms with van der Waals surface area (Å²) in [6.45, 7) is 1.93. The summed E-state index contributed by atoms with van der Waals surface area (Å²) in [5, 5.41) is 12.5. The molecule has 1 N–H and O–H groups in total. The maximum absolute atomic E-state index is 13.8. The van der Waals surface area contributed by atoms with Crippen LogP contribution < -0.4 is 0 Å². The van der Waals surface area contributed by atoms with Gasteiger partial charge in [0.05, 0.1) is 18.3 Å². The van der Waals surface area contributed by atoms with Gasteiger partial charge in [0.15, 0.2) is 0 Å². The maximum atomic E-state index is 13.8. The molecule has 4 nitrogen and oxygen atoms in total. The molecule has 0 saturated carbocycles. The summed E-state index contributed by atoms with van der Waals surface area (Å²) in [5.74, 6) is -1.70. The van der Waals surface area contributed by atoms with E-state index in [1.807, 2.05) is 19.1 Å². The number of aromatic nitrogens is 2. The van der Waals surface area contributed by atoms with Crippen LogP contribution in [0.25, 0.3) is 5.69 Å². The normalized spacial score (nSPS) is 10.5. The second-order valence-electron chi connectivity index (χ2n) is 3.78. The van der Waals surface area contributed by atoms with Gasteiger partial charge in [-0.2, -0.15) is 9.49 Å². The smallest absolute Gasteiger partial charge is 0.308 e. The Morgan fingerprint density at radius 2 is 2.06 bits per heavy atom. The molecule has 0 amide bonds. The van der Waals surface area contributed by atoms with Crippen molar-refractivity contribution in [2.45, 2.75) is 13.3 Å². The molecular weight excluding hydrogens is 223 g/mol. The molecule has 0 aliphatic rings. The minimum absolute atomic E-state index is 0.0816. The predicted octanol–water partition coefficient (Wildman–Crippen LogP) is 1.95. The molecule has 17 heavy (non-hydrogen) atoms. The monoisotopic (exact) mass is 234 g/mol. The van der Waals surface area contributed by atoms with Gasteiger partial charge in [-0.1, -0.05) is 17.7 Å². The molecule has 0 aliphatic carbocycles. The summed E-state index contributed by atoms with van der Waals surface area (Å²) in [6.07, 6.45) is 0.876. The van der Waals surface area contributed by atoms with Crippen molar-refractivity contribution in [1.29, 1.82) is 0 Å². The lowest BCUT2D eigenvalue weighted by atomic mass is 10.2. The van der Waals surface area contributed by atoms with E-state index in [0.29, 0.717) is 5.69 Å². The first-order valence-corrected chi connectivity index (χ1v) is 5.09. The van der Waals surface area contributed by atoms with Gasteiger partial charge in [-0.25, -0.2) is 4.68 Å². The van der Waals surface area contributed by atoms with Crippen molar-refractivity contribution in [2.24, 2.45) is 0 Å². The molecule has 0 aliphatic heterocycles. The largest absolute Gasteiger partial charge is 0.481 e. The van der Waals surface area contributed by atoms with Gasteiger partial charge < -0.3 is 5.11 Å². The number of rotatable bonds is 3. The van der Waals surface area contributed by atoms with Gasteiger partial charge in [-0.05, 0) is 19.1 Å². The lowest BCUT2D eigenvalue weighted by molar-refractivity contribution is -0.136. The molecule has 5 heteroatoms. The Morgan fingerprint density at radius 1 is 1.41 bits per heavy atom. The molecule has 0 radical (unpaired) electrons. The van der Waals surface area contributed by atoms with Crippen molar-refractivity contribution in [3.05, 3.63) is 47.5 Å². The average Bonchev–Trinajstić information content (AvgIpc) is 2.61. The number of hydrogen-bond donors (Lipinski definition) is 1. The van der Waals surface area contributed by atoms with Crippen LogP contribution in [0.5, 0.6) is 0 Å². The number of carboxylic acids is 1. The summed E-state index contributed by atoms with van der Waals surface area (Å²) < 4.78 is 14.9. The van der Waals surface area contributed by atoms with Crippen LogP contribution in [-0.4, -0.2) is 20.9 Å². The van der Waals surface area contributed by atoms with Crippen molar-refractivity contribution in [3.63, 3.8) is 0 Å². The van der Waals surface area contributed by atoms with Crippen LogP contribution in [0.1, 0.15) is 11.1 Å². The highest BCUT2D eigenvalue weighted by molar-refractivity contribution is 5.70. The Kier molecular flexibility index (Phi) is 2.91. The van der Waals surface area contributed by atoms with Gasteiger partial charge in [0, 0.05) is 5.56 Å². The van der Waals surface area contributed by atoms with E-state index < -0.39 is 11.9 Å². The Labute approximate surface area is 97.3 Å². The summed E-state index contributed by atoms with van der Waals surface area (Å²) in [5.41, 5.74) is 1.72. The number of aliphatic carboxylic acids is 1. The fraction of sp³-hybridized carbons (Fsp3) is 0.167. The van der Waals surface area contributed by atoms with E-state index in [9.17, 15) is 9.18 Å². The first-order valence-electron chi connectivity index (χ1n) is 5.09. The molecule has 0 atom stereocenters. The van der Waals surface area contributed by atoms with Crippen LogP contribution >= 0.6 is 0 Å². The highest BCUT2D eigenvalue weighted by atomic mass is 19.1. The van der Waals surface area contributed by atoms with E-state index in [1.165, 1.54) is 6.20 Å². The van der Waals surface area contributed by atoms with E-state index in [4.69, 9.17) is 5.11 Å². The van der Waals surface area contributed by atoms with Crippen molar-refractivity contribution in [3.8, 4) is 5.69 Å². The Morgan fingerprint density at radius 3 is 2.65 bits per heavy atom. The minimum atomic E-state index is -1.08. The van der Waals surface area contributed by atoms with Gasteiger partial charge in [0.25, 0.3) is 0 Å². The van der Waals surface area contributed by atoms with Crippen LogP contribution in [0.4, 0.5) is 4.39 Å². The number of carboxylic acid groups (broad SMARTS) is 1. The van der Waals surface area contributed by atoms with Gasteiger partial charge in [-0.15, -0.1) is 0 Å².